The zero-order valence-corrected chi connectivity index (χ0v) is 20.8. The van der Waals surface area contributed by atoms with Crippen LogP contribution in [0, 0.1) is 5.82 Å². The number of piperidine rings is 1. The number of methoxy groups -OCH3 is 1. The third-order valence-electron chi connectivity index (χ3n) is 6.62. The second-order valence-electron chi connectivity index (χ2n) is 9.11. The van der Waals surface area contributed by atoms with Gasteiger partial charge in [-0.3, -0.25) is 4.90 Å². The van der Waals surface area contributed by atoms with Gasteiger partial charge in [0.1, 0.15) is 19.1 Å². The standard InChI is InChI=1S/C29H30F2N4O2/c1-36-26-11-10-20(18-27(26)37-17-14-30)19-35-15-12-21(13-16-35)32-29-33-25-9-5-3-7-23(25)28(34-29)22-6-2-4-8-24(22)31/h2-11,18,21H,12-17,19H2,1H3,(H,32,33,34). The van der Waals surface area contributed by atoms with Crippen LogP contribution >= 0.6 is 0 Å². The van der Waals surface area contributed by atoms with E-state index in [2.05, 4.69) is 10.2 Å². The van der Waals surface area contributed by atoms with Gasteiger partial charge in [-0.2, -0.15) is 0 Å². The average molecular weight is 505 g/mol. The maximum absolute atomic E-state index is 14.6. The van der Waals surface area contributed by atoms with Crippen LogP contribution in [0.3, 0.4) is 0 Å². The molecule has 0 spiro atoms. The Hall–Kier alpha value is -3.78. The van der Waals surface area contributed by atoms with Crippen LogP contribution in [-0.2, 0) is 6.54 Å². The summed E-state index contributed by atoms with van der Waals surface area (Å²) in [6.07, 6.45) is 1.85. The predicted molar refractivity (Wildman–Crippen MR) is 141 cm³/mol. The number of hydrogen-bond acceptors (Lipinski definition) is 6. The topological polar surface area (TPSA) is 59.5 Å². The monoisotopic (exact) mass is 504 g/mol. The van der Waals surface area contributed by atoms with E-state index in [1.807, 2.05) is 48.5 Å². The summed E-state index contributed by atoms with van der Waals surface area (Å²) in [5, 5.41) is 4.31. The van der Waals surface area contributed by atoms with Crippen molar-refractivity contribution in [2.24, 2.45) is 0 Å². The van der Waals surface area contributed by atoms with E-state index in [0.29, 0.717) is 28.7 Å². The number of rotatable bonds is 9. The van der Waals surface area contributed by atoms with Crippen molar-refractivity contribution in [3.63, 3.8) is 0 Å². The summed E-state index contributed by atoms with van der Waals surface area (Å²) in [5.41, 5.74) is 2.93. The Balaban J connectivity index is 1.26. The van der Waals surface area contributed by atoms with Gasteiger partial charge < -0.3 is 14.8 Å². The maximum atomic E-state index is 14.6. The molecule has 1 N–H and O–H groups in total. The largest absolute Gasteiger partial charge is 0.493 e. The molecule has 1 aliphatic rings. The van der Waals surface area contributed by atoms with Crippen LogP contribution in [0.2, 0.25) is 0 Å². The number of halogens is 2. The van der Waals surface area contributed by atoms with Crippen LogP contribution in [0.4, 0.5) is 14.7 Å². The number of aromatic nitrogens is 2. The van der Waals surface area contributed by atoms with E-state index < -0.39 is 6.67 Å². The van der Waals surface area contributed by atoms with Crippen molar-refractivity contribution in [2.75, 3.05) is 38.8 Å². The first-order valence-corrected chi connectivity index (χ1v) is 12.5. The first kappa shape index (κ1) is 24.9. The van der Waals surface area contributed by atoms with E-state index in [0.717, 1.165) is 48.9 Å². The molecule has 0 atom stereocenters. The molecule has 6 nitrogen and oxygen atoms in total. The lowest BCUT2D eigenvalue weighted by atomic mass is 10.0. The second-order valence-corrected chi connectivity index (χ2v) is 9.11. The quantitative estimate of drug-likeness (QED) is 0.308. The Labute approximate surface area is 215 Å². The number of fused-ring (bicyclic) bond motifs is 1. The molecule has 1 fully saturated rings. The minimum Gasteiger partial charge on any atom is -0.493 e. The highest BCUT2D eigenvalue weighted by atomic mass is 19.1. The van der Waals surface area contributed by atoms with Crippen molar-refractivity contribution >= 4 is 16.9 Å². The number of hydrogen-bond donors (Lipinski definition) is 1. The summed E-state index contributed by atoms with van der Waals surface area (Å²) >= 11 is 0. The molecule has 3 aromatic carbocycles. The van der Waals surface area contributed by atoms with Crippen LogP contribution in [0.5, 0.6) is 11.5 Å². The van der Waals surface area contributed by atoms with Crippen molar-refractivity contribution < 1.29 is 18.3 Å². The number of benzene rings is 3. The summed E-state index contributed by atoms with van der Waals surface area (Å²) in [7, 11) is 1.58. The fourth-order valence-corrected chi connectivity index (χ4v) is 4.76. The molecule has 37 heavy (non-hydrogen) atoms. The van der Waals surface area contributed by atoms with Crippen molar-refractivity contribution in [2.45, 2.75) is 25.4 Å². The second kappa shape index (κ2) is 11.5. The summed E-state index contributed by atoms with van der Waals surface area (Å²) < 4.78 is 38.0. The van der Waals surface area contributed by atoms with Gasteiger partial charge in [-0.25, -0.2) is 18.7 Å². The highest BCUT2D eigenvalue weighted by Gasteiger charge is 2.21. The fourth-order valence-electron chi connectivity index (χ4n) is 4.76. The van der Waals surface area contributed by atoms with E-state index in [1.54, 1.807) is 19.2 Å². The molecule has 0 unspecified atom stereocenters. The molecule has 1 saturated heterocycles. The molecule has 5 rings (SSSR count). The normalized spacial score (nSPS) is 14.6. The highest BCUT2D eigenvalue weighted by Crippen LogP contribution is 2.31. The van der Waals surface area contributed by atoms with Crippen LogP contribution < -0.4 is 14.8 Å². The molecule has 2 heterocycles. The van der Waals surface area contributed by atoms with Crippen LogP contribution in [0.25, 0.3) is 22.2 Å². The Bertz CT molecular complexity index is 1360. The molecule has 8 heteroatoms. The Kier molecular flexibility index (Phi) is 7.75. The molecular formula is C29H30F2N4O2. The Morgan fingerprint density at radius 2 is 1.76 bits per heavy atom. The van der Waals surface area contributed by atoms with Crippen molar-refractivity contribution in [1.82, 2.24) is 14.9 Å². The van der Waals surface area contributed by atoms with Crippen LogP contribution in [0.1, 0.15) is 18.4 Å². The first-order chi connectivity index (χ1) is 18.1. The smallest absolute Gasteiger partial charge is 0.224 e. The summed E-state index contributed by atoms with van der Waals surface area (Å²) in [6.45, 7) is 2.03. The predicted octanol–water partition coefficient (Wildman–Crippen LogP) is 5.87. The van der Waals surface area contributed by atoms with E-state index >= 15 is 0 Å². The lowest BCUT2D eigenvalue weighted by molar-refractivity contribution is 0.210. The zero-order valence-electron chi connectivity index (χ0n) is 20.8. The average Bonchev–Trinajstić information content (AvgIpc) is 2.93. The van der Waals surface area contributed by atoms with E-state index in [9.17, 15) is 8.78 Å². The number of likely N-dealkylation sites (tertiary alicyclic amines) is 1. The molecule has 0 amide bonds. The number of nitrogens with one attached hydrogen (secondary N) is 1. The first-order valence-electron chi connectivity index (χ1n) is 12.5. The van der Waals surface area contributed by atoms with E-state index in [4.69, 9.17) is 19.4 Å². The van der Waals surface area contributed by atoms with Crippen molar-refractivity contribution in [1.29, 1.82) is 0 Å². The summed E-state index contributed by atoms with van der Waals surface area (Å²) in [5.74, 6) is 1.38. The van der Waals surface area contributed by atoms with Gasteiger partial charge in [0.25, 0.3) is 0 Å². The van der Waals surface area contributed by atoms with Crippen molar-refractivity contribution in [3.8, 4) is 22.8 Å². The number of anilines is 1. The number of nitrogens with zero attached hydrogens (tertiary/aromatic N) is 3. The van der Waals surface area contributed by atoms with Gasteiger partial charge in [-0.05, 0) is 48.7 Å². The number of alkyl halides is 1. The maximum Gasteiger partial charge on any atom is 0.224 e. The third kappa shape index (κ3) is 5.80. The van der Waals surface area contributed by atoms with Crippen LogP contribution in [0.15, 0.2) is 66.7 Å². The number of para-hydroxylation sites is 1. The lowest BCUT2D eigenvalue weighted by Crippen LogP contribution is -2.39. The molecular weight excluding hydrogens is 474 g/mol. The van der Waals surface area contributed by atoms with Gasteiger partial charge in [0.05, 0.1) is 18.3 Å². The van der Waals surface area contributed by atoms with Crippen LogP contribution in [-0.4, -0.2) is 54.4 Å². The third-order valence-corrected chi connectivity index (χ3v) is 6.62. The molecule has 1 aliphatic heterocycles. The Morgan fingerprint density at radius 1 is 0.973 bits per heavy atom. The van der Waals surface area contributed by atoms with Gasteiger partial charge in [-0.1, -0.05) is 36.4 Å². The fraction of sp³-hybridized carbons (Fsp3) is 0.310. The molecule has 0 radical (unpaired) electrons. The summed E-state index contributed by atoms with van der Waals surface area (Å²) in [4.78, 5) is 11.8. The number of ether oxygens (including phenoxy) is 2. The van der Waals surface area contributed by atoms with E-state index in [-0.39, 0.29) is 18.5 Å². The zero-order chi connectivity index (χ0) is 25.6. The Morgan fingerprint density at radius 3 is 2.54 bits per heavy atom. The SMILES string of the molecule is COc1ccc(CN2CCC(Nc3nc(-c4ccccc4F)c4ccccc4n3)CC2)cc1OCCF. The summed E-state index contributed by atoms with van der Waals surface area (Å²) in [6, 6.07) is 20.4. The van der Waals surface area contributed by atoms with Gasteiger partial charge in [-0.15, -0.1) is 0 Å². The van der Waals surface area contributed by atoms with Crippen molar-refractivity contribution in [3.05, 3.63) is 78.1 Å². The minimum absolute atomic E-state index is 0.00630. The highest BCUT2D eigenvalue weighted by molar-refractivity contribution is 5.93. The lowest BCUT2D eigenvalue weighted by Gasteiger charge is -2.32. The molecule has 0 saturated carbocycles. The molecule has 1 aromatic heterocycles. The van der Waals surface area contributed by atoms with Gasteiger partial charge >= 0.3 is 0 Å². The minimum atomic E-state index is -0.545. The molecule has 0 aliphatic carbocycles. The van der Waals surface area contributed by atoms with Gasteiger partial charge in [0.15, 0.2) is 11.5 Å². The van der Waals surface area contributed by atoms with Gasteiger partial charge in [0.2, 0.25) is 5.95 Å². The molecule has 4 aromatic rings. The van der Waals surface area contributed by atoms with Gasteiger partial charge in [0, 0.05) is 36.6 Å². The van der Waals surface area contributed by atoms with E-state index in [1.165, 1.54) is 6.07 Å². The molecule has 0 bridgehead atoms. The molecule has 192 valence electrons.